The molecule has 2 aromatic carbocycles. The molecule has 1 aliphatic rings. The van der Waals surface area contributed by atoms with Crippen molar-refractivity contribution in [3.8, 4) is 17.0 Å². The van der Waals surface area contributed by atoms with Crippen LogP contribution in [0.1, 0.15) is 18.4 Å². The number of methoxy groups -OCH3 is 1. The number of amides is 1. The number of anilines is 1. The van der Waals surface area contributed by atoms with Crippen molar-refractivity contribution in [2.45, 2.75) is 19.3 Å². The van der Waals surface area contributed by atoms with Gasteiger partial charge in [0.2, 0.25) is 5.91 Å². The number of carbonyl (C=O) groups excluding carboxylic acids is 1. The lowest BCUT2D eigenvalue weighted by atomic mass is 9.97. The summed E-state index contributed by atoms with van der Waals surface area (Å²) in [5.74, 6) is 1.30. The molecule has 6 nitrogen and oxygen atoms in total. The summed E-state index contributed by atoms with van der Waals surface area (Å²) < 4.78 is 18.4. The highest BCUT2D eigenvalue weighted by atomic mass is 19.1. The van der Waals surface area contributed by atoms with E-state index in [1.807, 2.05) is 36.4 Å². The molecule has 1 aliphatic heterocycles. The minimum absolute atomic E-state index is 0.0763. The summed E-state index contributed by atoms with van der Waals surface area (Å²) in [6.45, 7) is 2.06. The zero-order valence-corrected chi connectivity index (χ0v) is 18.1. The second kappa shape index (κ2) is 10.2. The molecule has 1 N–H and O–H groups in total. The van der Waals surface area contributed by atoms with Gasteiger partial charge in [-0.15, -0.1) is 10.2 Å². The van der Waals surface area contributed by atoms with Crippen LogP contribution in [0.3, 0.4) is 0 Å². The molecule has 0 aliphatic carbocycles. The van der Waals surface area contributed by atoms with Crippen molar-refractivity contribution in [1.82, 2.24) is 15.5 Å². The van der Waals surface area contributed by atoms with Crippen molar-refractivity contribution in [3.63, 3.8) is 0 Å². The van der Waals surface area contributed by atoms with Gasteiger partial charge in [-0.3, -0.25) is 4.79 Å². The van der Waals surface area contributed by atoms with Crippen LogP contribution in [0.25, 0.3) is 11.3 Å². The number of rotatable bonds is 7. The summed E-state index contributed by atoms with van der Waals surface area (Å²) in [6.07, 6.45) is 2.55. The molecule has 166 valence electrons. The van der Waals surface area contributed by atoms with E-state index in [-0.39, 0.29) is 17.6 Å². The van der Waals surface area contributed by atoms with E-state index in [4.69, 9.17) is 4.74 Å². The van der Waals surface area contributed by atoms with Crippen LogP contribution in [0.15, 0.2) is 60.7 Å². The maximum absolute atomic E-state index is 13.1. The lowest BCUT2D eigenvalue weighted by molar-refractivity contribution is -0.125. The zero-order chi connectivity index (χ0) is 22.3. The second-order valence-corrected chi connectivity index (χ2v) is 7.96. The Hall–Kier alpha value is -3.48. The molecule has 1 amide bonds. The molecule has 0 saturated carbocycles. The Morgan fingerprint density at radius 3 is 2.75 bits per heavy atom. The molecular weight excluding hydrogens is 407 g/mol. The number of hydrogen-bond acceptors (Lipinski definition) is 5. The molecule has 4 rings (SSSR count). The van der Waals surface area contributed by atoms with E-state index < -0.39 is 0 Å². The van der Waals surface area contributed by atoms with Crippen molar-refractivity contribution < 1.29 is 13.9 Å². The third-order valence-corrected chi connectivity index (χ3v) is 5.75. The lowest BCUT2D eigenvalue weighted by Crippen LogP contribution is -2.43. The molecular formula is C25H27FN4O2. The van der Waals surface area contributed by atoms with Crippen LogP contribution in [-0.4, -0.2) is 42.8 Å². The molecule has 1 fully saturated rings. The van der Waals surface area contributed by atoms with Crippen molar-refractivity contribution in [1.29, 1.82) is 0 Å². The van der Waals surface area contributed by atoms with Gasteiger partial charge in [-0.1, -0.05) is 12.1 Å². The highest BCUT2D eigenvalue weighted by Gasteiger charge is 2.26. The largest absolute Gasteiger partial charge is 0.497 e. The van der Waals surface area contributed by atoms with Crippen LogP contribution in [0.4, 0.5) is 10.2 Å². The first-order valence-electron chi connectivity index (χ1n) is 10.9. The van der Waals surface area contributed by atoms with E-state index in [9.17, 15) is 9.18 Å². The van der Waals surface area contributed by atoms with E-state index in [0.717, 1.165) is 48.5 Å². The van der Waals surface area contributed by atoms with Gasteiger partial charge in [-0.05, 0) is 73.4 Å². The van der Waals surface area contributed by atoms with Gasteiger partial charge in [0.15, 0.2) is 5.82 Å². The van der Waals surface area contributed by atoms with Gasteiger partial charge in [0.05, 0.1) is 18.7 Å². The highest BCUT2D eigenvalue weighted by molar-refractivity contribution is 5.79. The molecule has 32 heavy (non-hydrogen) atoms. The molecule has 3 aromatic rings. The maximum Gasteiger partial charge on any atom is 0.224 e. The molecule has 1 unspecified atom stereocenters. The second-order valence-electron chi connectivity index (χ2n) is 7.96. The van der Waals surface area contributed by atoms with Crippen molar-refractivity contribution in [2.24, 2.45) is 5.92 Å². The number of benzene rings is 2. The number of carbonyl (C=O) groups is 1. The summed E-state index contributed by atoms with van der Waals surface area (Å²) in [5.41, 5.74) is 2.64. The molecule has 0 bridgehead atoms. The van der Waals surface area contributed by atoms with Crippen LogP contribution in [0.2, 0.25) is 0 Å². The Kier molecular flexibility index (Phi) is 6.94. The number of piperidine rings is 1. The average Bonchev–Trinajstić information content (AvgIpc) is 2.85. The third-order valence-electron chi connectivity index (χ3n) is 5.75. The summed E-state index contributed by atoms with van der Waals surface area (Å²) in [6, 6.07) is 17.9. The Labute approximate surface area is 187 Å². The number of nitrogens with one attached hydrogen (secondary N) is 1. The highest BCUT2D eigenvalue weighted by Crippen LogP contribution is 2.23. The van der Waals surface area contributed by atoms with E-state index in [2.05, 4.69) is 20.4 Å². The molecule has 0 radical (unpaired) electrons. The number of halogens is 1. The first kappa shape index (κ1) is 21.7. The third kappa shape index (κ3) is 5.41. The molecule has 1 saturated heterocycles. The Bertz CT molecular complexity index is 1040. The fraction of sp³-hybridized carbons (Fsp3) is 0.320. The number of aromatic nitrogens is 2. The van der Waals surface area contributed by atoms with Crippen LogP contribution >= 0.6 is 0 Å². The summed E-state index contributed by atoms with van der Waals surface area (Å²) >= 11 is 0. The Morgan fingerprint density at radius 2 is 2.00 bits per heavy atom. The topological polar surface area (TPSA) is 67.3 Å². The van der Waals surface area contributed by atoms with Gasteiger partial charge < -0.3 is 15.0 Å². The maximum atomic E-state index is 13.1. The minimum atomic E-state index is -0.278. The van der Waals surface area contributed by atoms with Crippen LogP contribution < -0.4 is 15.0 Å². The Morgan fingerprint density at radius 1 is 1.16 bits per heavy atom. The van der Waals surface area contributed by atoms with Gasteiger partial charge in [-0.2, -0.15) is 0 Å². The normalized spacial score (nSPS) is 15.9. The fourth-order valence-electron chi connectivity index (χ4n) is 3.97. The number of nitrogens with zero attached hydrogens (tertiary/aromatic N) is 3. The Balaban J connectivity index is 1.31. The van der Waals surface area contributed by atoms with E-state index in [0.29, 0.717) is 18.8 Å². The van der Waals surface area contributed by atoms with Gasteiger partial charge in [-0.25, -0.2) is 4.39 Å². The van der Waals surface area contributed by atoms with Crippen molar-refractivity contribution in [2.75, 3.05) is 31.6 Å². The van der Waals surface area contributed by atoms with E-state index in [1.165, 1.54) is 12.1 Å². The molecule has 2 heterocycles. The van der Waals surface area contributed by atoms with Gasteiger partial charge in [0.25, 0.3) is 0 Å². The first-order valence-corrected chi connectivity index (χ1v) is 10.9. The predicted octanol–water partition coefficient (Wildman–Crippen LogP) is 3.87. The fourth-order valence-corrected chi connectivity index (χ4v) is 3.97. The number of ether oxygens (including phenoxy) is 1. The summed E-state index contributed by atoms with van der Waals surface area (Å²) in [5, 5.41) is 11.7. The van der Waals surface area contributed by atoms with Crippen molar-refractivity contribution >= 4 is 11.7 Å². The zero-order valence-electron chi connectivity index (χ0n) is 18.1. The molecule has 0 spiro atoms. The predicted molar refractivity (Wildman–Crippen MR) is 122 cm³/mol. The molecule has 1 aromatic heterocycles. The van der Waals surface area contributed by atoms with E-state index in [1.54, 1.807) is 19.2 Å². The first-order chi connectivity index (χ1) is 15.6. The quantitative estimate of drug-likeness (QED) is 0.612. The van der Waals surface area contributed by atoms with Gasteiger partial charge in [0, 0.05) is 25.2 Å². The van der Waals surface area contributed by atoms with Gasteiger partial charge in [0.1, 0.15) is 11.6 Å². The molecule has 1 atom stereocenters. The summed E-state index contributed by atoms with van der Waals surface area (Å²) in [7, 11) is 1.65. The molecule has 7 heteroatoms. The van der Waals surface area contributed by atoms with Crippen LogP contribution in [0, 0.1) is 11.7 Å². The standard InChI is InChI=1S/C25H27FN4O2/c1-32-22-6-2-4-18(16-22)13-14-27-25(31)20-5-3-15-30(17-20)24-12-11-23(28-29-24)19-7-9-21(26)10-8-19/h2,4,6-12,16,20H,3,5,13-15,17H2,1H3,(H,27,31). The number of hydrogen-bond donors (Lipinski definition) is 1. The van der Waals surface area contributed by atoms with E-state index >= 15 is 0 Å². The van der Waals surface area contributed by atoms with Gasteiger partial charge >= 0.3 is 0 Å². The smallest absolute Gasteiger partial charge is 0.224 e. The van der Waals surface area contributed by atoms with Crippen molar-refractivity contribution in [3.05, 3.63) is 72.0 Å². The SMILES string of the molecule is COc1cccc(CCNC(=O)C2CCCN(c3ccc(-c4ccc(F)cc4)nn3)C2)c1. The monoisotopic (exact) mass is 434 g/mol. The van der Waals surface area contributed by atoms with Crippen LogP contribution in [0.5, 0.6) is 5.75 Å². The lowest BCUT2D eigenvalue weighted by Gasteiger charge is -2.32. The van der Waals surface area contributed by atoms with Crippen LogP contribution in [-0.2, 0) is 11.2 Å². The average molecular weight is 435 g/mol. The minimum Gasteiger partial charge on any atom is -0.497 e. The summed E-state index contributed by atoms with van der Waals surface area (Å²) in [4.78, 5) is 14.8.